The molecule has 6 rings (SSSR count). The fraction of sp³-hybridized carbons (Fsp3) is 0.476. The van der Waals surface area contributed by atoms with E-state index in [2.05, 4.69) is 19.3 Å². The van der Waals surface area contributed by atoms with Gasteiger partial charge >= 0.3 is 23.5 Å². The predicted molar refractivity (Wildman–Crippen MR) is 147 cm³/mol. The van der Waals surface area contributed by atoms with E-state index in [0.29, 0.717) is 0 Å². The van der Waals surface area contributed by atoms with E-state index < -0.39 is 91.7 Å². The van der Waals surface area contributed by atoms with Gasteiger partial charge in [-0.1, -0.05) is 0 Å². The van der Waals surface area contributed by atoms with Crippen molar-refractivity contribution in [2.75, 3.05) is 18.9 Å². The lowest BCUT2D eigenvalue weighted by molar-refractivity contribution is -0.765. The Kier molecular flexibility index (Phi) is 9.11. The summed E-state index contributed by atoms with van der Waals surface area (Å²) < 4.78 is 75.3. The number of nitrogen functional groups attached to an aromatic ring is 1. The molecule has 3 unspecified atom stereocenters. The van der Waals surface area contributed by atoms with Gasteiger partial charge in [0.25, 0.3) is 12.1 Å². The van der Waals surface area contributed by atoms with E-state index in [1.807, 2.05) is 0 Å². The van der Waals surface area contributed by atoms with E-state index in [9.17, 15) is 43.4 Å². The number of hydrogen-bond acceptors (Lipinski definition) is 17. The van der Waals surface area contributed by atoms with Crippen LogP contribution in [0.1, 0.15) is 22.8 Å². The Morgan fingerprint density at radius 2 is 1.72 bits per heavy atom. The van der Waals surface area contributed by atoms with E-state index in [-0.39, 0.29) is 22.5 Å². The van der Waals surface area contributed by atoms with Crippen LogP contribution in [0.5, 0.6) is 0 Å². The van der Waals surface area contributed by atoms with Crippen LogP contribution in [-0.4, -0.2) is 100 Å². The molecular formula is C21H27N7O16P3+. The van der Waals surface area contributed by atoms with Crippen molar-refractivity contribution in [2.45, 2.75) is 49.1 Å². The number of carbonyl (C=O) groups is 1. The molecule has 0 aromatic carbocycles. The average Bonchev–Trinajstić information content (AvgIpc) is 3.72. The van der Waals surface area contributed by atoms with E-state index in [1.165, 1.54) is 40.0 Å². The van der Waals surface area contributed by atoms with Gasteiger partial charge in [-0.25, -0.2) is 28.6 Å². The summed E-state index contributed by atoms with van der Waals surface area (Å²) in [5.41, 5.74) is 11.5. The Hall–Kier alpha value is -2.82. The summed E-state index contributed by atoms with van der Waals surface area (Å²) in [5, 5.41) is 20.8. The number of nitrogens with two attached hydrogens (primary N) is 2. The second kappa shape index (κ2) is 12.6. The zero-order valence-corrected chi connectivity index (χ0v) is 26.1. The van der Waals surface area contributed by atoms with Crippen LogP contribution < -0.4 is 16.0 Å². The van der Waals surface area contributed by atoms with E-state index >= 15 is 0 Å². The quantitative estimate of drug-likeness (QED) is 0.0842. The number of anilines is 1. The van der Waals surface area contributed by atoms with Gasteiger partial charge in [0.15, 0.2) is 36.2 Å². The number of phosphoric ester groups is 3. The van der Waals surface area contributed by atoms with Crippen molar-refractivity contribution < 1.29 is 79.8 Å². The monoisotopic (exact) mass is 726 g/mol. The zero-order chi connectivity index (χ0) is 33.9. The number of rotatable bonds is 11. The van der Waals surface area contributed by atoms with Gasteiger partial charge in [0.1, 0.15) is 47.9 Å². The van der Waals surface area contributed by atoms with Crippen molar-refractivity contribution in [3.8, 4) is 0 Å². The Morgan fingerprint density at radius 3 is 2.43 bits per heavy atom. The third-order valence-corrected chi connectivity index (χ3v) is 10.8. The van der Waals surface area contributed by atoms with Crippen molar-refractivity contribution in [1.82, 2.24) is 19.5 Å². The van der Waals surface area contributed by atoms with Gasteiger partial charge in [-0.15, -0.1) is 0 Å². The number of imidazole rings is 1. The largest absolute Gasteiger partial charge is 0.481 e. The molecular weight excluding hydrogens is 699 g/mol. The maximum absolute atomic E-state index is 12.6. The fourth-order valence-corrected chi connectivity index (χ4v) is 8.35. The minimum Gasteiger partial charge on any atom is -0.387 e. The van der Waals surface area contributed by atoms with Gasteiger partial charge in [0.05, 0.1) is 19.5 Å². The summed E-state index contributed by atoms with van der Waals surface area (Å²) in [7, 11) is -15.4. The highest BCUT2D eigenvalue weighted by Gasteiger charge is 2.58. The Balaban J connectivity index is 1.08. The minimum atomic E-state index is -5.43. The number of hydrogen-bond donors (Lipinski definition) is 7. The fourth-order valence-electron chi connectivity index (χ4n) is 5.12. The molecule has 3 aromatic heterocycles. The van der Waals surface area contributed by atoms with Gasteiger partial charge < -0.3 is 45.8 Å². The average molecular weight is 726 g/mol. The summed E-state index contributed by atoms with van der Waals surface area (Å²) in [5.74, 6) is -0.738. The molecule has 256 valence electrons. The highest BCUT2D eigenvalue weighted by atomic mass is 31.3. The summed E-state index contributed by atoms with van der Waals surface area (Å²) >= 11 is 0. The normalized spacial score (nSPS) is 34.7. The molecule has 47 heavy (non-hydrogen) atoms. The molecule has 0 spiro atoms. The lowest BCUT2D eigenvalue weighted by Gasteiger charge is -2.21. The smallest absolute Gasteiger partial charge is 0.387 e. The van der Waals surface area contributed by atoms with E-state index in [0.717, 1.165) is 6.33 Å². The number of aliphatic hydroxyl groups is 2. The standard InChI is InChI=1S/C21H26N7O16P3/c22-17-12-19(25-7-24-17)28(8-26-12)21-16-15(42-47(36,37)43-16)11(41-21)6-39-46(34,35)44-45(32,33)38-5-10-13(29)14(30)20(40-10)27-3-1-2-9(4-27)18(23)31/h1-4,7-8,10-11,13-16,20-21,29-30H,5-6H2,(H6-,22,23,24,25,31,32,33,34,35,36,37)/p+1/t10-,11-,13-,14-,15-,16-,20-,21-/m1/s1. The second-order valence-electron chi connectivity index (χ2n) is 10.3. The molecule has 0 radical (unpaired) electrons. The van der Waals surface area contributed by atoms with Crippen LogP contribution >= 0.6 is 23.5 Å². The van der Waals surface area contributed by atoms with Crippen LogP contribution in [0.25, 0.3) is 11.2 Å². The summed E-state index contributed by atoms with van der Waals surface area (Å²) in [6.45, 7) is -1.81. The number of ether oxygens (including phenoxy) is 2. The van der Waals surface area contributed by atoms with Crippen molar-refractivity contribution in [1.29, 1.82) is 0 Å². The molecule has 1 amide bonds. The minimum absolute atomic E-state index is 0.0347. The molecule has 23 nitrogen and oxygen atoms in total. The number of primary amides is 1. The number of pyridine rings is 1. The number of aromatic nitrogens is 5. The molecule has 9 N–H and O–H groups in total. The first-order chi connectivity index (χ1) is 22.0. The van der Waals surface area contributed by atoms with Crippen molar-refractivity contribution in [3.05, 3.63) is 42.7 Å². The van der Waals surface area contributed by atoms with Gasteiger partial charge in [-0.3, -0.25) is 27.5 Å². The Morgan fingerprint density at radius 1 is 1.04 bits per heavy atom. The first-order valence-corrected chi connectivity index (χ1v) is 17.8. The first kappa shape index (κ1) is 34.1. The molecule has 3 fully saturated rings. The topological polar surface area (TPSA) is 334 Å². The SMILES string of the molecule is NC(=O)c1ccc[n+]([C@@H]2O[C@H](COP(=O)(O)OP(=O)(O)OC[C@H]3O[C@@H](n4cnc5c(N)ncnc54)[C@@H]4OP(=O)(O)O[C@@H]43)[C@@H](O)[C@H]2O)c1. The third-order valence-electron chi connectivity index (χ3n) is 7.20. The third kappa shape index (κ3) is 7.01. The molecule has 3 aromatic rings. The van der Waals surface area contributed by atoms with Crippen LogP contribution in [-0.2, 0) is 45.6 Å². The van der Waals surface area contributed by atoms with E-state index in [1.54, 1.807) is 0 Å². The number of carbonyl (C=O) groups excluding carboxylic acids is 1. The zero-order valence-electron chi connectivity index (χ0n) is 23.5. The second-order valence-corrected chi connectivity index (χ2v) is 14.7. The Labute approximate surface area is 262 Å². The molecule has 3 saturated heterocycles. The molecule has 3 aliphatic heterocycles. The summed E-state index contributed by atoms with van der Waals surface area (Å²) in [6, 6.07) is 2.82. The number of phosphoric acid groups is 3. The van der Waals surface area contributed by atoms with Crippen LogP contribution in [0.2, 0.25) is 0 Å². The summed E-state index contributed by atoms with van der Waals surface area (Å²) in [6.07, 6.45) is -6.17. The molecule has 6 heterocycles. The molecule has 0 saturated carbocycles. The number of amides is 1. The lowest BCUT2D eigenvalue weighted by atomic mass is 10.1. The van der Waals surface area contributed by atoms with Crippen molar-refractivity contribution in [2.24, 2.45) is 5.73 Å². The van der Waals surface area contributed by atoms with Crippen LogP contribution in [0, 0.1) is 0 Å². The van der Waals surface area contributed by atoms with Crippen LogP contribution in [0.4, 0.5) is 5.82 Å². The van der Waals surface area contributed by atoms with Gasteiger partial charge in [-0.2, -0.15) is 8.88 Å². The molecule has 11 atom stereocenters. The number of nitrogens with zero attached hydrogens (tertiary/aromatic N) is 5. The van der Waals surface area contributed by atoms with Crippen LogP contribution in [0.3, 0.4) is 0 Å². The van der Waals surface area contributed by atoms with Gasteiger partial charge in [0.2, 0.25) is 0 Å². The maximum Gasteiger partial charge on any atom is 0.481 e. The molecule has 0 bridgehead atoms. The lowest BCUT2D eigenvalue weighted by Crippen LogP contribution is -2.46. The van der Waals surface area contributed by atoms with Gasteiger partial charge in [-0.05, 0) is 6.07 Å². The highest BCUT2D eigenvalue weighted by molar-refractivity contribution is 7.61. The predicted octanol–water partition coefficient (Wildman–Crippen LogP) is -1.85. The van der Waals surface area contributed by atoms with Crippen LogP contribution in [0.15, 0.2) is 37.2 Å². The first-order valence-electron chi connectivity index (χ1n) is 13.3. The van der Waals surface area contributed by atoms with Crippen molar-refractivity contribution >= 4 is 46.4 Å². The summed E-state index contributed by atoms with van der Waals surface area (Å²) in [4.78, 5) is 53.7. The number of fused-ring (bicyclic) bond motifs is 2. The Bertz CT molecular complexity index is 1830. The van der Waals surface area contributed by atoms with Gasteiger partial charge in [0, 0.05) is 6.07 Å². The van der Waals surface area contributed by atoms with E-state index in [4.69, 9.17) is 39.0 Å². The molecule has 26 heteroatoms. The number of aliphatic hydroxyl groups excluding tert-OH is 2. The molecule has 0 aliphatic carbocycles. The molecule has 3 aliphatic rings. The van der Waals surface area contributed by atoms with Crippen molar-refractivity contribution in [3.63, 3.8) is 0 Å². The highest BCUT2D eigenvalue weighted by Crippen LogP contribution is 2.62. The maximum atomic E-state index is 12.6.